The summed E-state index contributed by atoms with van der Waals surface area (Å²) in [6.07, 6.45) is 1.54. The van der Waals surface area contributed by atoms with Crippen LogP contribution in [0.15, 0.2) is 41.5 Å². The van der Waals surface area contributed by atoms with Crippen LogP contribution in [0.2, 0.25) is 36.3 Å². The second-order valence-corrected chi connectivity index (χ2v) is 23.4. The first-order chi connectivity index (χ1) is 18.5. The van der Waals surface area contributed by atoms with Gasteiger partial charge in [-0.05, 0) is 41.8 Å². The molecule has 1 N–H and O–H groups in total. The average molecular weight is 587 g/mol. The number of fused-ring (bicyclic) bond motifs is 1. The van der Waals surface area contributed by atoms with Crippen LogP contribution in [0.4, 0.5) is 0 Å². The number of hydrogen-bond donors (Lipinski definition) is 1. The highest BCUT2D eigenvalue weighted by Crippen LogP contribution is 2.43. The second-order valence-electron chi connectivity index (χ2n) is 13.8. The normalized spacial score (nSPS) is 20.8. The minimum atomic E-state index is -2.09. The number of imidazole rings is 1. The molecule has 220 valence electrons. The van der Waals surface area contributed by atoms with Gasteiger partial charge in [-0.15, -0.1) is 0 Å². The van der Waals surface area contributed by atoms with E-state index in [2.05, 4.69) is 82.7 Å². The van der Waals surface area contributed by atoms with Gasteiger partial charge in [0.25, 0.3) is 0 Å². The van der Waals surface area contributed by atoms with Gasteiger partial charge in [-0.1, -0.05) is 71.9 Å². The van der Waals surface area contributed by atoms with Gasteiger partial charge in [-0.2, -0.15) is 4.98 Å². The number of ether oxygens (including phenoxy) is 2. The molecular formula is C29H46N4O5Si2. The topological polar surface area (TPSA) is 100 Å². The summed E-state index contributed by atoms with van der Waals surface area (Å²) in [4.78, 5) is 24.0. The predicted molar refractivity (Wildman–Crippen MR) is 163 cm³/mol. The number of nitrogens with one attached hydrogen (secondary N) is 1. The first-order valence-corrected chi connectivity index (χ1v) is 19.9. The Balaban J connectivity index is 1.61. The molecule has 1 aliphatic rings. The van der Waals surface area contributed by atoms with Crippen LogP contribution in [0, 0.1) is 0 Å². The smallest absolute Gasteiger partial charge is 0.349 e. The molecule has 3 heterocycles. The van der Waals surface area contributed by atoms with Crippen LogP contribution < -0.4 is 10.4 Å². The molecule has 1 aliphatic heterocycles. The van der Waals surface area contributed by atoms with E-state index >= 15 is 0 Å². The minimum Gasteiger partial charge on any atom is -0.471 e. The lowest BCUT2D eigenvalue weighted by atomic mass is 10.2. The highest BCUT2D eigenvalue weighted by molar-refractivity contribution is 6.74. The van der Waals surface area contributed by atoms with Crippen LogP contribution in [-0.2, 0) is 20.2 Å². The van der Waals surface area contributed by atoms with Crippen LogP contribution in [0.3, 0.4) is 0 Å². The molecule has 0 bridgehead atoms. The third-order valence-corrected chi connectivity index (χ3v) is 17.8. The SMILES string of the molecule is CC(C)(C)[Si](C)(C)OC[C@H]1O[C@@H](n2cnc3c(OCc4ccccc4)nc(=O)[nH]c32)C[C@@H]1O[Si](C)(C)C(C)(C)C. The molecule has 0 radical (unpaired) electrons. The fourth-order valence-corrected chi connectivity index (χ4v) is 6.54. The molecule has 0 amide bonds. The van der Waals surface area contributed by atoms with Gasteiger partial charge in [0, 0.05) is 6.42 Å². The summed E-state index contributed by atoms with van der Waals surface area (Å²) >= 11 is 0. The first kappa shape index (κ1) is 30.6. The summed E-state index contributed by atoms with van der Waals surface area (Å²) in [7, 11) is -4.09. The van der Waals surface area contributed by atoms with Crippen molar-refractivity contribution >= 4 is 27.8 Å². The second kappa shape index (κ2) is 11.2. The summed E-state index contributed by atoms with van der Waals surface area (Å²) < 4.78 is 28.0. The van der Waals surface area contributed by atoms with Crippen LogP contribution in [0.25, 0.3) is 11.2 Å². The van der Waals surface area contributed by atoms with Crippen molar-refractivity contribution in [1.29, 1.82) is 0 Å². The largest absolute Gasteiger partial charge is 0.471 e. The zero-order valence-electron chi connectivity index (χ0n) is 25.7. The van der Waals surface area contributed by atoms with Gasteiger partial charge in [0.15, 0.2) is 22.2 Å². The van der Waals surface area contributed by atoms with Crippen LogP contribution in [-0.4, -0.2) is 55.0 Å². The van der Waals surface area contributed by atoms with Crippen molar-refractivity contribution in [3.8, 4) is 5.88 Å². The molecule has 40 heavy (non-hydrogen) atoms. The lowest BCUT2D eigenvalue weighted by Gasteiger charge is -2.40. The van der Waals surface area contributed by atoms with E-state index in [-0.39, 0.29) is 41.0 Å². The predicted octanol–water partition coefficient (Wildman–Crippen LogP) is 6.40. The van der Waals surface area contributed by atoms with Gasteiger partial charge in [-0.25, -0.2) is 9.78 Å². The molecule has 1 saturated heterocycles. The number of nitrogens with zero attached hydrogens (tertiary/aromatic N) is 3. The molecule has 1 aromatic carbocycles. The lowest BCUT2D eigenvalue weighted by molar-refractivity contribution is -0.0383. The number of H-pyrrole nitrogens is 1. The van der Waals surface area contributed by atoms with Crippen molar-refractivity contribution in [1.82, 2.24) is 19.5 Å². The molecule has 0 spiro atoms. The zero-order valence-corrected chi connectivity index (χ0v) is 27.7. The van der Waals surface area contributed by atoms with Crippen molar-refractivity contribution in [2.45, 2.75) is 109 Å². The van der Waals surface area contributed by atoms with Crippen molar-refractivity contribution in [3.63, 3.8) is 0 Å². The highest BCUT2D eigenvalue weighted by Gasteiger charge is 2.47. The first-order valence-electron chi connectivity index (χ1n) is 14.1. The third-order valence-electron chi connectivity index (χ3n) is 8.80. The van der Waals surface area contributed by atoms with E-state index in [0.717, 1.165) is 5.56 Å². The number of rotatable bonds is 9. The van der Waals surface area contributed by atoms with Gasteiger partial charge in [0.05, 0.1) is 19.0 Å². The number of hydrogen-bond acceptors (Lipinski definition) is 7. The molecule has 9 nitrogen and oxygen atoms in total. The summed E-state index contributed by atoms with van der Waals surface area (Å²) in [5, 5.41) is 0.142. The molecule has 2 aromatic heterocycles. The fourth-order valence-electron chi connectivity index (χ4n) is 4.17. The fraction of sp³-hybridized carbons (Fsp3) is 0.621. The van der Waals surface area contributed by atoms with Crippen molar-refractivity contribution in [3.05, 3.63) is 52.7 Å². The molecule has 4 rings (SSSR count). The maximum Gasteiger partial charge on any atom is 0.349 e. The Morgan fingerprint density at radius 2 is 1.68 bits per heavy atom. The molecule has 3 aromatic rings. The summed E-state index contributed by atoms with van der Waals surface area (Å²) in [6.45, 7) is 23.2. The van der Waals surface area contributed by atoms with Crippen LogP contribution in [0.5, 0.6) is 5.88 Å². The zero-order chi connectivity index (χ0) is 29.5. The van der Waals surface area contributed by atoms with Gasteiger partial charge in [-0.3, -0.25) is 9.55 Å². The maximum absolute atomic E-state index is 12.6. The molecule has 0 saturated carbocycles. The molecule has 3 atom stereocenters. The Morgan fingerprint density at radius 1 is 1.02 bits per heavy atom. The van der Waals surface area contributed by atoms with Crippen LogP contribution in [0.1, 0.15) is 59.8 Å². The Bertz CT molecular complexity index is 1360. The third kappa shape index (κ3) is 6.59. The lowest BCUT2D eigenvalue weighted by Crippen LogP contribution is -2.48. The Hall–Kier alpha value is -2.32. The number of aromatic amines is 1. The quantitative estimate of drug-likeness (QED) is 0.290. The summed E-state index contributed by atoms with van der Waals surface area (Å²) in [6, 6.07) is 9.76. The van der Waals surface area contributed by atoms with E-state index in [0.29, 0.717) is 24.2 Å². The minimum absolute atomic E-state index is 0.0551. The van der Waals surface area contributed by atoms with E-state index in [1.807, 2.05) is 34.9 Å². The van der Waals surface area contributed by atoms with Crippen molar-refractivity contribution < 1.29 is 18.3 Å². The number of aromatic nitrogens is 4. The maximum atomic E-state index is 12.6. The molecular weight excluding hydrogens is 541 g/mol. The highest BCUT2D eigenvalue weighted by atomic mass is 28.4. The van der Waals surface area contributed by atoms with E-state index in [9.17, 15) is 4.79 Å². The Morgan fingerprint density at radius 3 is 2.30 bits per heavy atom. The van der Waals surface area contributed by atoms with E-state index < -0.39 is 22.3 Å². The molecule has 1 fully saturated rings. The van der Waals surface area contributed by atoms with Gasteiger partial charge in [0.1, 0.15) is 24.6 Å². The van der Waals surface area contributed by atoms with Crippen LogP contribution >= 0.6 is 0 Å². The molecule has 0 unspecified atom stereocenters. The summed E-state index contributed by atoms with van der Waals surface area (Å²) in [5.41, 5.74) is 1.49. The van der Waals surface area contributed by atoms with E-state index in [1.165, 1.54) is 0 Å². The monoisotopic (exact) mass is 586 g/mol. The standard InChI is InChI=1S/C29H46N4O5Si2/c1-28(2,3)39(7,8)36-18-22-21(38-40(9,10)29(4,5)6)16-23(37-22)33-19-30-24-25(33)31-27(34)32-26(24)35-17-20-14-12-11-13-15-20/h11-15,19,21-23H,16-18H2,1-10H3,(H,31,32,34)/t21-,22+,23+/m0/s1. The molecule has 11 heteroatoms. The van der Waals surface area contributed by atoms with Gasteiger partial charge in [0.2, 0.25) is 5.88 Å². The van der Waals surface area contributed by atoms with Gasteiger partial charge < -0.3 is 18.3 Å². The molecule has 0 aliphatic carbocycles. The van der Waals surface area contributed by atoms with Gasteiger partial charge >= 0.3 is 5.69 Å². The van der Waals surface area contributed by atoms with Crippen molar-refractivity contribution in [2.75, 3.05) is 6.61 Å². The summed E-state index contributed by atoms with van der Waals surface area (Å²) in [5.74, 6) is 0.200. The van der Waals surface area contributed by atoms with Crippen molar-refractivity contribution in [2.24, 2.45) is 0 Å². The Kier molecular flexibility index (Phi) is 8.55. The Labute approximate surface area is 239 Å². The van der Waals surface area contributed by atoms with E-state index in [1.54, 1.807) is 6.33 Å². The van der Waals surface area contributed by atoms with E-state index in [4.69, 9.17) is 18.3 Å². The number of benzene rings is 1. The average Bonchev–Trinajstić information content (AvgIpc) is 3.44.